The fourth-order valence-electron chi connectivity index (χ4n) is 3.32. The van der Waals surface area contributed by atoms with Gasteiger partial charge in [0, 0.05) is 19.4 Å². The molecule has 3 rings (SSSR count). The van der Waals surface area contributed by atoms with Gasteiger partial charge in [-0.3, -0.25) is 24.3 Å². The van der Waals surface area contributed by atoms with Crippen LogP contribution in [0.25, 0.3) is 0 Å². The molecule has 4 atom stereocenters. The third-order valence-electron chi connectivity index (χ3n) is 4.82. The van der Waals surface area contributed by atoms with E-state index in [4.69, 9.17) is 18.9 Å². The van der Waals surface area contributed by atoms with E-state index in [-0.39, 0.29) is 22.5 Å². The lowest BCUT2D eigenvalue weighted by Gasteiger charge is -2.32. The van der Waals surface area contributed by atoms with Crippen LogP contribution >= 0.6 is 31.9 Å². The number of nitrogens with zero attached hydrogens (tertiary/aromatic N) is 2. The van der Waals surface area contributed by atoms with E-state index in [0.717, 1.165) is 4.90 Å². The summed E-state index contributed by atoms with van der Waals surface area (Å²) in [5.74, 6) is -1.13. The summed E-state index contributed by atoms with van der Waals surface area (Å²) in [6.45, 7) is 2.31. The maximum atomic E-state index is 13.7. The molecular weight excluding hydrogens is 582 g/mol. The third kappa shape index (κ3) is 5.83. The van der Waals surface area contributed by atoms with E-state index >= 15 is 0 Å². The van der Waals surface area contributed by atoms with Crippen molar-refractivity contribution in [2.75, 3.05) is 18.6 Å². The molecular formula is C21H21Br2N3O8. The highest BCUT2D eigenvalue weighted by molar-refractivity contribution is 9.10. The number of carbonyl (C=O) groups excluding carboxylic acids is 3. The Morgan fingerprint density at radius 3 is 2.44 bits per heavy atom. The van der Waals surface area contributed by atoms with Crippen LogP contribution in [-0.2, 0) is 23.8 Å². The molecule has 0 spiro atoms. The molecule has 1 aromatic carbocycles. The molecule has 2 aromatic rings. The number of rotatable bonds is 7. The van der Waals surface area contributed by atoms with Crippen molar-refractivity contribution in [2.24, 2.45) is 0 Å². The minimum Gasteiger partial charge on any atom is -0.497 e. The van der Waals surface area contributed by atoms with E-state index in [1.165, 1.54) is 27.2 Å². The number of halogens is 2. The minimum absolute atomic E-state index is 0.0378. The van der Waals surface area contributed by atoms with Crippen LogP contribution in [0, 0.1) is 0 Å². The van der Waals surface area contributed by atoms with Gasteiger partial charge in [0.15, 0.2) is 12.3 Å². The molecule has 0 radical (unpaired) electrons. The van der Waals surface area contributed by atoms with Gasteiger partial charge in [0.1, 0.15) is 24.3 Å². The fourth-order valence-corrected chi connectivity index (χ4v) is 4.35. The largest absolute Gasteiger partial charge is 0.497 e. The van der Waals surface area contributed by atoms with Crippen molar-refractivity contribution in [1.82, 2.24) is 9.97 Å². The quantitative estimate of drug-likeness (QED) is 0.373. The van der Waals surface area contributed by atoms with Gasteiger partial charge in [-0.15, -0.1) is 0 Å². The van der Waals surface area contributed by atoms with Gasteiger partial charge in [-0.1, -0.05) is 15.9 Å². The number of nitrogens with one attached hydrogen (secondary N) is 1. The number of ether oxygens (including phenoxy) is 4. The second-order valence-electron chi connectivity index (χ2n) is 7.17. The second kappa shape index (κ2) is 11.1. The zero-order valence-corrected chi connectivity index (χ0v) is 21.5. The Morgan fingerprint density at radius 2 is 1.85 bits per heavy atom. The summed E-state index contributed by atoms with van der Waals surface area (Å²) in [7, 11) is 1.50. The number of H-pyrrole nitrogens is 1. The maximum Gasteiger partial charge on any atom is 0.346 e. The number of aromatic nitrogens is 2. The Labute approximate surface area is 211 Å². The van der Waals surface area contributed by atoms with Gasteiger partial charge < -0.3 is 18.9 Å². The molecule has 1 N–H and O–H groups in total. The van der Waals surface area contributed by atoms with Gasteiger partial charge in [-0.2, -0.15) is 0 Å². The van der Waals surface area contributed by atoms with Crippen molar-refractivity contribution in [1.29, 1.82) is 0 Å². The Bertz CT molecular complexity index is 1120. The van der Waals surface area contributed by atoms with Crippen molar-refractivity contribution in [3.8, 4) is 5.75 Å². The highest BCUT2D eigenvalue weighted by Gasteiger charge is 2.51. The first kappa shape index (κ1) is 25.8. The second-order valence-corrected chi connectivity index (χ2v) is 9.09. The highest BCUT2D eigenvalue weighted by Crippen LogP contribution is 2.36. The van der Waals surface area contributed by atoms with Crippen LogP contribution in [0.1, 0.15) is 24.2 Å². The number of aromatic amines is 1. The predicted octanol–water partition coefficient (Wildman–Crippen LogP) is 2.17. The number of hydrogen-bond donors (Lipinski definition) is 1. The molecule has 1 aromatic heterocycles. The lowest BCUT2D eigenvalue weighted by Crippen LogP contribution is -2.49. The molecule has 0 bridgehead atoms. The highest BCUT2D eigenvalue weighted by atomic mass is 79.9. The minimum atomic E-state index is -1.20. The number of alkyl halides is 1. The Hall–Kier alpha value is -2.77. The summed E-state index contributed by atoms with van der Waals surface area (Å²) in [5, 5.41) is 0. The molecule has 1 amide bonds. The first-order valence-electron chi connectivity index (χ1n) is 9.95. The number of hydrogen-bond acceptors (Lipinski definition) is 9. The van der Waals surface area contributed by atoms with E-state index in [9.17, 15) is 19.2 Å². The summed E-state index contributed by atoms with van der Waals surface area (Å²) in [4.78, 5) is 55.6. The summed E-state index contributed by atoms with van der Waals surface area (Å²) in [5.41, 5.74) is -0.468. The van der Waals surface area contributed by atoms with Gasteiger partial charge in [0.25, 0.3) is 5.91 Å². The normalized spacial score (nSPS) is 21.6. The van der Waals surface area contributed by atoms with Crippen molar-refractivity contribution in [2.45, 2.75) is 37.1 Å². The number of amides is 1. The molecule has 0 unspecified atom stereocenters. The average Bonchev–Trinajstić information content (AvgIpc) is 3.09. The van der Waals surface area contributed by atoms with E-state index < -0.39 is 46.8 Å². The van der Waals surface area contributed by atoms with E-state index in [1.54, 1.807) is 24.3 Å². The van der Waals surface area contributed by atoms with Crippen LogP contribution < -0.4 is 15.3 Å². The van der Waals surface area contributed by atoms with E-state index in [2.05, 4.69) is 41.8 Å². The molecule has 0 aliphatic carbocycles. The molecule has 1 fully saturated rings. The fraction of sp³-hybridized carbons (Fsp3) is 0.381. The van der Waals surface area contributed by atoms with Gasteiger partial charge in [-0.25, -0.2) is 9.78 Å². The lowest BCUT2D eigenvalue weighted by atomic mass is 10.1. The van der Waals surface area contributed by atoms with Gasteiger partial charge in [-0.05, 0) is 40.2 Å². The number of anilines is 1. The molecule has 11 nitrogen and oxygen atoms in total. The predicted molar refractivity (Wildman–Crippen MR) is 126 cm³/mol. The van der Waals surface area contributed by atoms with Crippen molar-refractivity contribution in [3.63, 3.8) is 0 Å². The maximum absolute atomic E-state index is 13.7. The molecule has 34 heavy (non-hydrogen) atoms. The molecule has 0 saturated carbocycles. The summed E-state index contributed by atoms with van der Waals surface area (Å²) < 4.78 is 22.0. The zero-order valence-electron chi connectivity index (χ0n) is 18.3. The smallest absolute Gasteiger partial charge is 0.346 e. The molecule has 13 heteroatoms. The standard InChI is InChI=1S/C21H21Br2N3O8/c1-10(27)32-9-15-16(23)17(33-11(2)28)20(34-15)26(18-14(22)8-24-21(30)25-18)19(29)12-4-6-13(31-3)7-5-12/h4-8,15-17,20H,9H2,1-3H3,(H,24,25,30)/t15-,16+,17-,20-/m1/s1. The van der Waals surface area contributed by atoms with Crippen LogP contribution in [0.2, 0.25) is 0 Å². The first-order chi connectivity index (χ1) is 16.1. The summed E-state index contributed by atoms with van der Waals surface area (Å²) >= 11 is 6.75. The van der Waals surface area contributed by atoms with Crippen LogP contribution in [0.3, 0.4) is 0 Å². The molecule has 2 heterocycles. The van der Waals surface area contributed by atoms with Crippen LogP contribution in [0.4, 0.5) is 5.82 Å². The summed E-state index contributed by atoms with van der Waals surface area (Å²) in [6, 6.07) is 6.29. The van der Waals surface area contributed by atoms with Gasteiger partial charge >= 0.3 is 17.6 Å². The Balaban J connectivity index is 2.09. The number of methoxy groups -OCH3 is 1. The summed E-state index contributed by atoms with van der Waals surface area (Å²) in [6.07, 6.45) is -1.74. The topological polar surface area (TPSA) is 137 Å². The molecule has 1 aliphatic rings. The Morgan fingerprint density at radius 1 is 1.18 bits per heavy atom. The van der Waals surface area contributed by atoms with Gasteiger partial charge in [0.2, 0.25) is 0 Å². The SMILES string of the molecule is COc1ccc(C(=O)N(c2[nH]c(=O)ncc2Br)[C@@H]2O[C@H](COC(C)=O)[C@H](Br)[C@H]2OC(C)=O)cc1. The van der Waals surface area contributed by atoms with Crippen LogP contribution in [0.5, 0.6) is 5.75 Å². The van der Waals surface area contributed by atoms with Crippen molar-refractivity contribution in [3.05, 3.63) is 51.0 Å². The monoisotopic (exact) mass is 601 g/mol. The van der Waals surface area contributed by atoms with E-state index in [0.29, 0.717) is 5.75 Å². The molecule has 1 aliphatic heterocycles. The first-order valence-corrected chi connectivity index (χ1v) is 11.7. The number of benzene rings is 1. The molecule has 1 saturated heterocycles. The lowest BCUT2D eigenvalue weighted by molar-refractivity contribution is -0.148. The van der Waals surface area contributed by atoms with Crippen molar-refractivity contribution < 1.29 is 33.3 Å². The van der Waals surface area contributed by atoms with Gasteiger partial charge in [0.05, 0.1) is 22.6 Å². The molecule has 182 valence electrons. The zero-order chi connectivity index (χ0) is 25.0. The number of carbonyl (C=O) groups is 3. The third-order valence-corrected chi connectivity index (χ3v) is 6.51. The van der Waals surface area contributed by atoms with Crippen LogP contribution in [0.15, 0.2) is 39.7 Å². The number of esters is 2. The van der Waals surface area contributed by atoms with Crippen molar-refractivity contribution >= 4 is 55.5 Å². The van der Waals surface area contributed by atoms with E-state index in [1.807, 2.05) is 0 Å². The Kier molecular flexibility index (Phi) is 8.44. The average molecular weight is 603 g/mol. The van der Waals surface area contributed by atoms with Crippen LogP contribution in [-0.4, -0.2) is 64.8 Å².